The maximum Gasteiger partial charge on any atom is 0.308 e. The van der Waals surface area contributed by atoms with Crippen LogP contribution in [0, 0.1) is 5.92 Å². The van der Waals surface area contributed by atoms with Gasteiger partial charge in [0, 0.05) is 13.0 Å². The number of hydrogen-bond donors (Lipinski definition) is 0. The molecular weight excluding hydrogens is 220 g/mol. The molecule has 0 amide bonds. The van der Waals surface area contributed by atoms with Crippen molar-refractivity contribution in [2.75, 3.05) is 13.7 Å². The number of ether oxygens (including phenoxy) is 3. The van der Waals surface area contributed by atoms with Gasteiger partial charge in [-0.05, 0) is 30.9 Å². The van der Waals surface area contributed by atoms with Gasteiger partial charge in [0.15, 0.2) is 11.5 Å². The van der Waals surface area contributed by atoms with Crippen molar-refractivity contribution in [1.82, 2.24) is 0 Å². The fourth-order valence-corrected chi connectivity index (χ4v) is 1.49. The van der Waals surface area contributed by atoms with Crippen LogP contribution in [0.25, 0.3) is 0 Å². The van der Waals surface area contributed by atoms with Crippen LogP contribution in [0.3, 0.4) is 0 Å². The van der Waals surface area contributed by atoms with Gasteiger partial charge in [-0.1, -0.05) is 0 Å². The van der Waals surface area contributed by atoms with Gasteiger partial charge in [0.05, 0.1) is 13.7 Å². The molecule has 1 aromatic carbocycles. The van der Waals surface area contributed by atoms with Crippen LogP contribution in [0.1, 0.15) is 19.8 Å². The van der Waals surface area contributed by atoms with Crippen LogP contribution < -0.4 is 14.2 Å². The van der Waals surface area contributed by atoms with Gasteiger partial charge in [0.2, 0.25) is 0 Å². The molecule has 0 radical (unpaired) electrons. The molecule has 0 atom stereocenters. The predicted octanol–water partition coefficient (Wildman–Crippen LogP) is 2.41. The number of carbonyl (C=O) groups excluding carboxylic acids is 1. The third-order valence-electron chi connectivity index (χ3n) is 2.57. The van der Waals surface area contributed by atoms with Crippen LogP contribution in [-0.4, -0.2) is 19.7 Å². The molecule has 0 N–H and O–H groups in total. The number of hydrogen-bond acceptors (Lipinski definition) is 4. The fourth-order valence-electron chi connectivity index (χ4n) is 1.49. The molecule has 1 fully saturated rings. The summed E-state index contributed by atoms with van der Waals surface area (Å²) < 4.78 is 15.8. The van der Waals surface area contributed by atoms with Crippen LogP contribution in [0.2, 0.25) is 0 Å². The molecule has 0 aromatic heterocycles. The van der Waals surface area contributed by atoms with E-state index in [9.17, 15) is 4.79 Å². The summed E-state index contributed by atoms with van der Waals surface area (Å²) >= 11 is 0. The molecule has 1 aromatic rings. The lowest BCUT2D eigenvalue weighted by Gasteiger charge is -2.11. The summed E-state index contributed by atoms with van der Waals surface area (Å²) in [5.41, 5.74) is 0. The summed E-state index contributed by atoms with van der Waals surface area (Å²) in [5.74, 6) is 2.08. The van der Waals surface area contributed by atoms with Crippen LogP contribution in [0.5, 0.6) is 17.2 Å². The highest BCUT2D eigenvalue weighted by molar-refractivity contribution is 5.69. The Bertz CT molecular complexity index is 410. The molecule has 0 unspecified atom stereocenters. The lowest BCUT2D eigenvalue weighted by atomic mass is 10.3. The van der Waals surface area contributed by atoms with Gasteiger partial charge < -0.3 is 14.2 Å². The summed E-state index contributed by atoms with van der Waals surface area (Å²) in [6.45, 7) is 2.09. The minimum atomic E-state index is -0.348. The van der Waals surface area contributed by atoms with Gasteiger partial charge >= 0.3 is 5.97 Å². The zero-order chi connectivity index (χ0) is 12.3. The highest BCUT2D eigenvalue weighted by Gasteiger charge is 2.22. The Hall–Kier alpha value is -1.71. The Kier molecular flexibility index (Phi) is 3.52. The molecule has 92 valence electrons. The van der Waals surface area contributed by atoms with Crippen molar-refractivity contribution >= 4 is 5.97 Å². The van der Waals surface area contributed by atoms with Crippen LogP contribution in [0.4, 0.5) is 0 Å². The van der Waals surface area contributed by atoms with E-state index in [0.29, 0.717) is 23.2 Å². The Morgan fingerprint density at radius 3 is 2.71 bits per heavy atom. The Labute approximate surface area is 100 Å². The monoisotopic (exact) mass is 236 g/mol. The molecule has 1 aliphatic carbocycles. The van der Waals surface area contributed by atoms with E-state index >= 15 is 0 Å². The van der Waals surface area contributed by atoms with Gasteiger partial charge in [0.25, 0.3) is 0 Å². The third kappa shape index (κ3) is 3.37. The topological polar surface area (TPSA) is 44.8 Å². The maximum absolute atomic E-state index is 10.8. The molecule has 1 saturated carbocycles. The summed E-state index contributed by atoms with van der Waals surface area (Å²) in [5, 5.41) is 0. The third-order valence-corrected chi connectivity index (χ3v) is 2.57. The molecule has 2 rings (SSSR count). The first kappa shape index (κ1) is 11.8. The van der Waals surface area contributed by atoms with Crippen molar-refractivity contribution < 1.29 is 19.0 Å². The van der Waals surface area contributed by atoms with Gasteiger partial charge in [-0.3, -0.25) is 4.79 Å². The molecule has 4 nitrogen and oxygen atoms in total. The van der Waals surface area contributed by atoms with Crippen LogP contribution >= 0.6 is 0 Å². The number of esters is 1. The first-order valence-electron chi connectivity index (χ1n) is 5.68. The number of rotatable bonds is 5. The van der Waals surface area contributed by atoms with Crippen molar-refractivity contribution in [3.63, 3.8) is 0 Å². The Morgan fingerprint density at radius 1 is 1.35 bits per heavy atom. The van der Waals surface area contributed by atoms with Gasteiger partial charge in [-0.25, -0.2) is 0 Å². The van der Waals surface area contributed by atoms with Crippen molar-refractivity contribution in [2.24, 2.45) is 5.92 Å². The molecular formula is C13H16O4. The van der Waals surface area contributed by atoms with E-state index in [0.717, 1.165) is 6.61 Å². The van der Waals surface area contributed by atoms with E-state index in [1.807, 2.05) is 0 Å². The predicted molar refractivity (Wildman–Crippen MR) is 62.5 cm³/mol. The number of carbonyl (C=O) groups is 1. The van der Waals surface area contributed by atoms with Crippen LogP contribution in [0.15, 0.2) is 18.2 Å². The molecule has 0 heterocycles. The van der Waals surface area contributed by atoms with E-state index < -0.39 is 0 Å². The second-order valence-electron chi connectivity index (χ2n) is 4.16. The zero-order valence-corrected chi connectivity index (χ0v) is 10.1. The first-order valence-corrected chi connectivity index (χ1v) is 5.68. The van der Waals surface area contributed by atoms with E-state index in [1.165, 1.54) is 19.8 Å². The fraction of sp³-hybridized carbons (Fsp3) is 0.462. The van der Waals surface area contributed by atoms with Crippen molar-refractivity contribution in [3.8, 4) is 17.2 Å². The van der Waals surface area contributed by atoms with Gasteiger partial charge in [-0.15, -0.1) is 0 Å². The molecule has 0 bridgehead atoms. The van der Waals surface area contributed by atoms with Crippen molar-refractivity contribution in [1.29, 1.82) is 0 Å². The average molecular weight is 236 g/mol. The van der Waals surface area contributed by atoms with Gasteiger partial charge in [0.1, 0.15) is 5.75 Å². The molecule has 1 aliphatic rings. The largest absolute Gasteiger partial charge is 0.493 e. The smallest absolute Gasteiger partial charge is 0.308 e. The quantitative estimate of drug-likeness (QED) is 0.581. The van der Waals surface area contributed by atoms with Crippen molar-refractivity contribution in [3.05, 3.63) is 18.2 Å². The number of methoxy groups -OCH3 is 1. The number of benzene rings is 1. The van der Waals surface area contributed by atoms with E-state index in [1.54, 1.807) is 25.3 Å². The zero-order valence-electron chi connectivity index (χ0n) is 10.1. The normalized spacial score (nSPS) is 14.2. The SMILES string of the molecule is COc1cc(OC(C)=O)ccc1OCC1CC1. The lowest BCUT2D eigenvalue weighted by Crippen LogP contribution is -2.03. The maximum atomic E-state index is 10.8. The summed E-state index contributed by atoms with van der Waals surface area (Å²) in [6, 6.07) is 5.12. The second kappa shape index (κ2) is 5.08. The molecule has 0 spiro atoms. The van der Waals surface area contributed by atoms with E-state index in [2.05, 4.69) is 0 Å². The average Bonchev–Trinajstić information content (AvgIpc) is 3.10. The molecule has 17 heavy (non-hydrogen) atoms. The lowest BCUT2D eigenvalue weighted by molar-refractivity contribution is -0.131. The first-order chi connectivity index (χ1) is 8.19. The molecule has 4 heteroatoms. The summed E-state index contributed by atoms with van der Waals surface area (Å²) in [7, 11) is 1.57. The molecule has 0 aliphatic heterocycles. The standard InChI is InChI=1S/C13H16O4/c1-9(14)17-11-5-6-12(13(7-11)15-2)16-8-10-3-4-10/h5-7,10H,3-4,8H2,1-2H3. The minimum absolute atomic E-state index is 0.348. The highest BCUT2D eigenvalue weighted by atomic mass is 16.5. The second-order valence-corrected chi connectivity index (χ2v) is 4.16. The van der Waals surface area contributed by atoms with Crippen LogP contribution in [-0.2, 0) is 4.79 Å². The van der Waals surface area contributed by atoms with E-state index in [4.69, 9.17) is 14.2 Å². The Balaban J connectivity index is 2.06. The summed E-state index contributed by atoms with van der Waals surface area (Å²) in [6.07, 6.45) is 2.49. The summed E-state index contributed by atoms with van der Waals surface area (Å²) in [4.78, 5) is 10.8. The molecule has 0 saturated heterocycles. The van der Waals surface area contributed by atoms with E-state index in [-0.39, 0.29) is 5.97 Å². The minimum Gasteiger partial charge on any atom is -0.493 e. The highest BCUT2D eigenvalue weighted by Crippen LogP contribution is 2.34. The Morgan fingerprint density at radius 2 is 2.12 bits per heavy atom. The van der Waals surface area contributed by atoms with Crippen molar-refractivity contribution in [2.45, 2.75) is 19.8 Å². The van der Waals surface area contributed by atoms with Gasteiger partial charge in [-0.2, -0.15) is 0 Å².